The van der Waals surface area contributed by atoms with E-state index in [1.165, 1.54) is 33.2 Å². The molecule has 5 nitrogen and oxygen atoms in total. The van der Waals surface area contributed by atoms with Crippen LogP contribution < -0.4 is 4.74 Å². The highest BCUT2D eigenvalue weighted by molar-refractivity contribution is 7.18. The zero-order valence-electron chi connectivity index (χ0n) is 16.8. The number of aryl methyl sites for hydroxylation is 2. The molecule has 2 aromatic heterocycles. The molecule has 0 spiro atoms. The molecule has 3 heterocycles. The first-order chi connectivity index (χ1) is 14.9. The van der Waals surface area contributed by atoms with E-state index in [-0.39, 0.29) is 0 Å². The third-order valence-corrected chi connectivity index (χ3v) is 7.36. The van der Waals surface area contributed by atoms with Gasteiger partial charge in [0.25, 0.3) is 0 Å². The summed E-state index contributed by atoms with van der Waals surface area (Å²) in [4.78, 5) is 14.0. The quantitative estimate of drug-likeness (QED) is 0.470. The fourth-order valence-corrected chi connectivity index (χ4v) is 5.86. The van der Waals surface area contributed by atoms with E-state index in [1.54, 1.807) is 17.7 Å². The molecule has 1 saturated heterocycles. The van der Waals surface area contributed by atoms with Gasteiger partial charge >= 0.3 is 0 Å². The van der Waals surface area contributed by atoms with Crippen LogP contribution in [0.3, 0.4) is 0 Å². The van der Waals surface area contributed by atoms with E-state index in [4.69, 9.17) is 9.47 Å². The van der Waals surface area contributed by atoms with Crippen molar-refractivity contribution in [2.75, 3.05) is 26.3 Å². The average molecular weight is 418 g/mol. The molecule has 0 N–H and O–H groups in total. The summed E-state index contributed by atoms with van der Waals surface area (Å²) < 4.78 is 12.1. The van der Waals surface area contributed by atoms with E-state index < -0.39 is 0 Å². The predicted octanol–water partition coefficient (Wildman–Crippen LogP) is 4.96. The van der Waals surface area contributed by atoms with E-state index in [9.17, 15) is 0 Å². The van der Waals surface area contributed by atoms with E-state index in [0.29, 0.717) is 5.88 Å². The van der Waals surface area contributed by atoms with Gasteiger partial charge in [0, 0.05) is 30.1 Å². The summed E-state index contributed by atoms with van der Waals surface area (Å²) in [6, 6.07) is 12.8. The third kappa shape index (κ3) is 3.16. The van der Waals surface area contributed by atoms with Crippen molar-refractivity contribution in [3.63, 3.8) is 0 Å². The fraction of sp³-hybridized carbons (Fsp3) is 0.333. The normalized spacial score (nSPS) is 16.9. The Morgan fingerprint density at radius 3 is 2.87 bits per heavy atom. The Kier molecular flexibility index (Phi) is 4.63. The maximum absolute atomic E-state index is 6.55. The summed E-state index contributed by atoms with van der Waals surface area (Å²) in [5.74, 6) is 1.58. The molecule has 0 unspecified atom stereocenters. The summed E-state index contributed by atoms with van der Waals surface area (Å²) in [6.45, 7) is 4.30. The highest BCUT2D eigenvalue weighted by Gasteiger charge is 2.23. The molecule has 0 saturated carbocycles. The molecule has 30 heavy (non-hydrogen) atoms. The maximum Gasteiger partial charge on any atom is 0.231 e. The average Bonchev–Trinajstić information content (AvgIpc) is 3.38. The van der Waals surface area contributed by atoms with Gasteiger partial charge < -0.3 is 9.47 Å². The van der Waals surface area contributed by atoms with Crippen LogP contribution in [0.1, 0.15) is 22.4 Å². The van der Waals surface area contributed by atoms with Crippen LogP contribution in [0.2, 0.25) is 0 Å². The number of benzene rings is 2. The van der Waals surface area contributed by atoms with Crippen LogP contribution in [-0.2, 0) is 24.1 Å². The number of ether oxygens (including phenoxy) is 2. The van der Waals surface area contributed by atoms with Gasteiger partial charge in [-0.1, -0.05) is 30.3 Å². The van der Waals surface area contributed by atoms with E-state index in [2.05, 4.69) is 51.3 Å². The number of rotatable bonds is 4. The maximum atomic E-state index is 6.55. The largest absolute Gasteiger partial charge is 0.438 e. The highest BCUT2D eigenvalue weighted by atomic mass is 32.1. The summed E-state index contributed by atoms with van der Waals surface area (Å²) >= 11 is 1.79. The summed E-state index contributed by atoms with van der Waals surface area (Å²) in [5, 5.41) is 3.58. The molecule has 1 aliphatic heterocycles. The topological polar surface area (TPSA) is 47.5 Å². The third-order valence-electron chi connectivity index (χ3n) is 6.16. The van der Waals surface area contributed by atoms with Crippen LogP contribution in [0.5, 0.6) is 11.6 Å². The van der Waals surface area contributed by atoms with Crippen molar-refractivity contribution in [1.29, 1.82) is 0 Å². The van der Waals surface area contributed by atoms with E-state index in [1.807, 2.05) is 0 Å². The molecule has 0 atom stereocenters. The van der Waals surface area contributed by atoms with Crippen molar-refractivity contribution >= 4 is 32.3 Å². The fourth-order valence-electron chi connectivity index (χ4n) is 4.64. The first-order valence-corrected chi connectivity index (χ1v) is 11.4. The van der Waals surface area contributed by atoms with Crippen LogP contribution in [0.15, 0.2) is 42.7 Å². The zero-order valence-corrected chi connectivity index (χ0v) is 17.6. The van der Waals surface area contributed by atoms with Gasteiger partial charge in [0.05, 0.1) is 18.6 Å². The number of aromatic nitrogens is 2. The zero-order chi connectivity index (χ0) is 19.9. The SMILES string of the molecule is c1ccc2c(CN3CCOCC3)c(Oc3ncnc4sc5c(c34)CCC5)ccc2c1. The molecule has 2 aromatic carbocycles. The van der Waals surface area contributed by atoms with Crippen molar-refractivity contribution in [3.05, 3.63) is 58.7 Å². The lowest BCUT2D eigenvalue weighted by molar-refractivity contribution is 0.0341. The Balaban J connectivity index is 1.45. The summed E-state index contributed by atoms with van der Waals surface area (Å²) in [7, 11) is 0. The summed E-state index contributed by atoms with van der Waals surface area (Å²) in [5.41, 5.74) is 2.61. The number of hydrogen-bond donors (Lipinski definition) is 0. The van der Waals surface area contributed by atoms with Crippen molar-refractivity contribution < 1.29 is 9.47 Å². The molecular weight excluding hydrogens is 394 g/mol. The smallest absolute Gasteiger partial charge is 0.231 e. The number of fused-ring (bicyclic) bond motifs is 4. The lowest BCUT2D eigenvalue weighted by Crippen LogP contribution is -2.35. The number of nitrogens with zero attached hydrogens (tertiary/aromatic N) is 3. The second-order valence-electron chi connectivity index (χ2n) is 7.97. The first kappa shape index (κ1) is 18.2. The lowest BCUT2D eigenvalue weighted by Gasteiger charge is -2.28. The van der Waals surface area contributed by atoms with Gasteiger partial charge in [-0.05, 0) is 41.7 Å². The van der Waals surface area contributed by atoms with Crippen molar-refractivity contribution in [3.8, 4) is 11.6 Å². The highest BCUT2D eigenvalue weighted by Crippen LogP contribution is 2.42. The Morgan fingerprint density at radius 1 is 1.03 bits per heavy atom. The van der Waals surface area contributed by atoms with E-state index >= 15 is 0 Å². The second-order valence-corrected chi connectivity index (χ2v) is 9.05. The molecule has 0 amide bonds. The molecule has 152 valence electrons. The molecule has 0 bridgehead atoms. The van der Waals surface area contributed by atoms with Gasteiger partial charge in [-0.15, -0.1) is 11.3 Å². The molecule has 4 aromatic rings. The minimum Gasteiger partial charge on any atom is -0.438 e. The number of hydrogen-bond acceptors (Lipinski definition) is 6. The van der Waals surface area contributed by atoms with Crippen molar-refractivity contribution in [2.45, 2.75) is 25.8 Å². The monoisotopic (exact) mass is 417 g/mol. The Hall–Kier alpha value is -2.54. The van der Waals surface area contributed by atoms with Crippen molar-refractivity contribution in [1.82, 2.24) is 14.9 Å². The standard InChI is InChI=1S/C24H23N3O2S/c1-2-5-17-16(4-1)8-9-20(19(17)14-27-10-12-28-13-11-27)29-23-22-18-6-3-7-21(18)30-24(22)26-15-25-23/h1-2,4-5,8-9,15H,3,6-7,10-14H2. The second kappa shape index (κ2) is 7.61. The van der Waals surface area contributed by atoms with Gasteiger partial charge in [-0.2, -0.15) is 0 Å². The minimum absolute atomic E-state index is 0.693. The van der Waals surface area contributed by atoms with Crippen molar-refractivity contribution in [2.24, 2.45) is 0 Å². The molecule has 6 rings (SSSR count). The molecular formula is C24H23N3O2S. The first-order valence-electron chi connectivity index (χ1n) is 10.6. The molecule has 6 heteroatoms. The Bertz CT molecular complexity index is 1230. The minimum atomic E-state index is 0.693. The van der Waals surface area contributed by atoms with Crippen LogP contribution in [0, 0.1) is 0 Å². The van der Waals surface area contributed by atoms with Crippen LogP contribution in [0.4, 0.5) is 0 Å². The molecule has 1 fully saturated rings. The lowest BCUT2D eigenvalue weighted by atomic mass is 10.0. The van der Waals surface area contributed by atoms with Gasteiger partial charge in [-0.25, -0.2) is 9.97 Å². The van der Waals surface area contributed by atoms with Crippen LogP contribution in [-0.4, -0.2) is 41.2 Å². The molecule has 0 radical (unpaired) electrons. The van der Waals surface area contributed by atoms with Gasteiger partial charge in [0.1, 0.15) is 16.9 Å². The Labute approximate surface area is 179 Å². The van der Waals surface area contributed by atoms with E-state index in [0.717, 1.165) is 61.7 Å². The van der Waals surface area contributed by atoms with Gasteiger partial charge in [-0.3, -0.25) is 4.90 Å². The van der Waals surface area contributed by atoms with Gasteiger partial charge in [0.15, 0.2) is 0 Å². The Morgan fingerprint density at radius 2 is 1.93 bits per heavy atom. The number of morpholine rings is 1. The van der Waals surface area contributed by atoms with Gasteiger partial charge in [0.2, 0.25) is 5.88 Å². The molecule has 2 aliphatic rings. The van der Waals surface area contributed by atoms with Crippen LogP contribution >= 0.6 is 11.3 Å². The molecule has 1 aliphatic carbocycles. The number of thiophene rings is 1. The summed E-state index contributed by atoms with van der Waals surface area (Å²) in [6.07, 6.45) is 5.08. The predicted molar refractivity (Wildman–Crippen MR) is 120 cm³/mol. The van der Waals surface area contributed by atoms with Crippen LogP contribution in [0.25, 0.3) is 21.0 Å².